The predicted octanol–water partition coefficient (Wildman–Crippen LogP) is 2.91. The molecule has 0 saturated carbocycles. The summed E-state index contributed by atoms with van der Waals surface area (Å²) < 4.78 is 19.0. The first kappa shape index (κ1) is 15.7. The Balaban J connectivity index is 2.16. The summed E-state index contributed by atoms with van der Waals surface area (Å²) in [6.45, 7) is 6.33. The first-order valence-electron chi connectivity index (χ1n) is 6.99. The van der Waals surface area contributed by atoms with Crippen molar-refractivity contribution in [2.24, 2.45) is 17.7 Å². The molecule has 1 aliphatic rings. The van der Waals surface area contributed by atoms with Crippen molar-refractivity contribution in [3.05, 3.63) is 34.6 Å². The number of halogens is 2. The van der Waals surface area contributed by atoms with Crippen LogP contribution in [0, 0.1) is 17.7 Å². The van der Waals surface area contributed by atoms with Crippen LogP contribution in [0.25, 0.3) is 0 Å². The molecule has 0 aliphatic carbocycles. The third-order valence-corrected chi connectivity index (χ3v) is 4.80. The van der Waals surface area contributed by atoms with E-state index in [1.165, 1.54) is 12.1 Å². The van der Waals surface area contributed by atoms with E-state index in [2.05, 4.69) is 26.2 Å². The highest BCUT2D eigenvalue weighted by Gasteiger charge is 2.41. The fraction of sp³-hybridized carbons (Fsp3) is 0.600. The molecular formula is C15H22ClFN2O. The highest BCUT2D eigenvalue weighted by molar-refractivity contribution is 6.31. The van der Waals surface area contributed by atoms with Crippen molar-refractivity contribution < 1.29 is 9.13 Å². The van der Waals surface area contributed by atoms with Gasteiger partial charge in [-0.3, -0.25) is 11.3 Å². The van der Waals surface area contributed by atoms with Crippen molar-refractivity contribution in [3.8, 4) is 0 Å². The quantitative estimate of drug-likeness (QED) is 0.664. The average Bonchev–Trinajstić information content (AvgIpc) is 2.63. The van der Waals surface area contributed by atoms with E-state index in [-0.39, 0.29) is 24.1 Å². The number of rotatable bonds is 4. The van der Waals surface area contributed by atoms with Crippen LogP contribution >= 0.6 is 11.6 Å². The Hall–Kier alpha value is -0.680. The molecule has 1 heterocycles. The second kappa shape index (κ2) is 6.39. The number of hydrogen-bond donors (Lipinski definition) is 2. The molecule has 1 fully saturated rings. The van der Waals surface area contributed by atoms with Crippen LogP contribution in [0.4, 0.5) is 4.39 Å². The summed E-state index contributed by atoms with van der Waals surface area (Å²) in [6.07, 6.45) is 1.01. The number of benzene rings is 1. The standard InChI is InChI=1S/C15H22ClFN2O/c1-8-9(2)20-10(3)15(8)14(19-18)6-11-4-5-12(17)7-13(11)16/h4-5,7-10,14-15,19H,6,18H2,1-3H3. The molecule has 5 atom stereocenters. The number of nitrogens with two attached hydrogens (primary N) is 1. The smallest absolute Gasteiger partial charge is 0.124 e. The molecule has 0 amide bonds. The lowest BCUT2D eigenvalue weighted by molar-refractivity contribution is 0.0476. The van der Waals surface area contributed by atoms with Gasteiger partial charge in [0.05, 0.1) is 12.2 Å². The van der Waals surface area contributed by atoms with Gasteiger partial charge in [-0.2, -0.15) is 0 Å². The number of hydrogen-bond acceptors (Lipinski definition) is 3. The van der Waals surface area contributed by atoms with E-state index in [1.807, 2.05) is 0 Å². The van der Waals surface area contributed by atoms with E-state index in [4.69, 9.17) is 22.2 Å². The molecule has 3 nitrogen and oxygen atoms in total. The monoisotopic (exact) mass is 300 g/mol. The predicted molar refractivity (Wildman–Crippen MR) is 78.9 cm³/mol. The summed E-state index contributed by atoms with van der Waals surface area (Å²) in [5.74, 6) is 6.11. The summed E-state index contributed by atoms with van der Waals surface area (Å²) in [6, 6.07) is 4.53. The Morgan fingerprint density at radius 3 is 2.55 bits per heavy atom. The van der Waals surface area contributed by atoms with E-state index in [9.17, 15) is 4.39 Å². The van der Waals surface area contributed by atoms with E-state index >= 15 is 0 Å². The molecule has 0 radical (unpaired) electrons. The number of hydrazine groups is 1. The summed E-state index contributed by atoms with van der Waals surface area (Å²) in [4.78, 5) is 0. The largest absolute Gasteiger partial charge is 0.375 e. The molecule has 20 heavy (non-hydrogen) atoms. The second-order valence-corrected chi connectivity index (χ2v) is 6.10. The fourth-order valence-electron chi connectivity index (χ4n) is 3.22. The van der Waals surface area contributed by atoms with Crippen LogP contribution in [-0.4, -0.2) is 18.2 Å². The second-order valence-electron chi connectivity index (χ2n) is 5.70. The molecule has 112 valence electrons. The number of nitrogens with one attached hydrogen (secondary N) is 1. The molecule has 0 aromatic heterocycles. The minimum absolute atomic E-state index is 0.0490. The van der Waals surface area contributed by atoms with Crippen molar-refractivity contribution in [1.29, 1.82) is 0 Å². The maximum absolute atomic E-state index is 13.1. The highest BCUT2D eigenvalue weighted by Crippen LogP contribution is 2.35. The SMILES string of the molecule is CC1OC(C)C(C(Cc2ccc(F)cc2Cl)NN)C1C. The van der Waals surface area contributed by atoms with Crippen LogP contribution < -0.4 is 11.3 Å². The molecule has 1 aromatic rings. The van der Waals surface area contributed by atoms with Gasteiger partial charge in [0, 0.05) is 17.0 Å². The summed E-state index contributed by atoms with van der Waals surface area (Å²) in [5, 5.41) is 0.442. The molecule has 5 heteroatoms. The Labute approximate surface area is 124 Å². The fourth-order valence-corrected chi connectivity index (χ4v) is 3.46. The zero-order valence-corrected chi connectivity index (χ0v) is 12.8. The first-order valence-corrected chi connectivity index (χ1v) is 7.37. The van der Waals surface area contributed by atoms with Crippen molar-refractivity contribution in [2.45, 2.75) is 45.4 Å². The lowest BCUT2D eigenvalue weighted by Crippen LogP contribution is -2.46. The molecule has 1 aromatic carbocycles. The summed E-state index contributed by atoms with van der Waals surface area (Å²) in [7, 11) is 0. The topological polar surface area (TPSA) is 47.3 Å². The Morgan fingerprint density at radius 1 is 1.35 bits per heavy atom. The van der Waals surface area contributed by atoms with Crippen molar-refractivity contribution >= 4 is 11.6 Å². The van der Waals surface area contributed by atoms with Crippen molar-refractivity contribution in [1.82, 2.24) is 5.43 Å². The van der Waals surface area contributed by atoms with Gasteiger partial charge in [0.25, 0.3) is 0 Å². The third kappa shape index (κ3) is 3.14. The van der Waals surface area contributed by atoms with Crippen LogP contribution in [-0.2, 0) is 11.2 Å². The third-order valence-electron chi connectivity index (χ3n) is 4.45. The maximum Gasteiger partial charge on any atom is 0.124 e. The highest BCUT2D eigenvalue weighted by atomic mass is 35.5. The van der Waals surface area contributed by atoms with E-state index < -0.39 is 0 Å². The molecule has 0 spiro atoms. The van der Waals surface area contributed by atoms with Crippen molar-refractivity contribution in [2.75, 3.05) is 0 Å². The molecule has 1 saturated heterocycles. The van der Waals surface area contributed by atoms with Gasteiger partial charge in [0.1, 0.15) is 5.82 Å². The van der Waals surface area contributed by atoms with Gasteiger partial charge in [-0.1, -0.05) is 24.6 Å². The van der Waals surface area contributed by atoms with Crippen LogP contribution in [0.2, 0.25) is 5.02 Å². The van der Waals surface area contributed by atoms with Gasteiger partial charge in [-0.05, 0) is 43.9 Å². The van der Waals surface area contributed by atoms with Gasteiger partial charge in [-0.15, -0.1) is 0 Å². The van der Waals surface area contributed by atoms with Gasteiger partial charge < -0.3 is 4.74 Å². The first-order chi connectivity index (χ1) is 9.43. The van der Waals surface area contributed by atoms with E-state index in [0.29, 0.717) is 23.3 Å². The van der Waals surface area contributed by atoms with Crippen molar-refractivity contribution in [3.63, 3.8) is 0 Å². The lowest BCUT2D eigenvalue weighted by atomic mass is 9.81. The zero-order chi connectivity index (χ0) is 14.9. The molecule has 0 bridgehead atoms. The Bertz CT molecular complexity index is 471. The van der Waals surface area contributed by atoms with Crippen LogP contribution in [0.3, 0.4) is 0 Å². The van der Waals surface area contributed by atoms with Crippen LogP contribution in [0.1, 0.15) is 26.3 Å². The average molecular weight is 301 g/mol. The van der Waals surface area contributed by atoms with E-state index in [1.54, 1.807) is 6.07 Å². The normalized spacial score (nSPS) is 31.5. The Morgan fingerprint density at radius 2 is 2.05 bits per heavy atom. The van der Waals surface area contributed by atoms with Crippen LogP contribution in [0.5, 0.6) is 0 Å². The van der Waals surface area contributed by atoms with Crippen LogP contribution in [0.15, 0.2) is 18.2 Å². The minimum atomic E-state index is -0.324. The molecule has 5 unspecified atom stereocenters. The lowest BCUT2D eigenvalue weighted by Gasteiger charge is -2.28. The molecular weight excluding hydrogens is 279 g/mol. The minimum Gasteiger partial charge on any atom is -0.375 e. The Kier molecular flexibility index (Phi) is 5.02. The van der Waals surface area contributed by atoms with Gasteiger partial charge >= 0.3 is 0 Å². The summed E-state index contributed by atoms with van der Waals surface area (Å²) >= 11 is 6.10. The summed E-state index contributed by atoms with van der Waals surface area (Å²) in [5.41, 5.74) is 3.78. The number of ether oxygens (including phenoxy) is 1. The van der Waals surface area contributed by atoms with Gasteiger partial charge in [0.15, 0.2) is 0 Å². The molecule has 3 N–H and O–H groups in total. The van der Waals surface area contributed by atoms with Gasteiger partial charge in [-0.25, -0.2) is 4.39 Å². The van der Waals surface area contributed by atoms with E-state index in [0.717, 1.165) is 5.56 Å². The molecule has 1 aliphatic heterocycles. The zero-order valence-electron chi connectivity index (χ0n) is 12.1. The maximum atomic E-state index is 13.1. The molecule has 2 rings (SSSR count). The van der Waals surface area contributed by atoms with Gasteiger partial charge in [0.2, 0.25) is 0 Å².